The molecule has 2 heterocycles. The minimum atomic E-state index is -0.593. The first-order chi connectivity index (χ1) is 9.16. The summed E-state index contributed by atoms with van der Waals surface area (Å²) < 4.78 is 0. The molecule has 0 spiro atoms. The second-order valence-electron chi connectivity index (χ2n) is 6.09. The molecule has 4 heteroatoms. The molecule has 1 saturated carbocycles. The number of hydrogen-bond donors (Lipinski definition) is 2. The summed E-state index contributed by atoms with van der Waals surface area (Å²) in [6.45, 7) is 1.96. The standard InChI is InChI=1S/C15H18N2O2/c18-14(17-8-15(19,9-17)12-3-4-12)11-2-1-10-5-6-16-13(10)7-11/h1-2,7,12,16,19H,3-6,8-9H2. The van der Waals surface area contributed by atoms with Crippen molar-refractivity contribution in [2.75, 3.05) is 25.0 Å². The predicted octanol–water partition coefficient (Wildman–Crippen LogP) is 1.25. The van der Waals surface area contributed by atoms with Crippen LogP contribution in [0.4, 0.5) is 5.69 Å². The predicted molar refractivity (Wildman–Crippen MR) is 72.2 cm³/mol. The van der Waals surface area contributed by atoms with Crippen LogP contribution in [0.3, 0.4) is 0 Å². The van der Waals surface area contributed by atoms with Gasteiger partial charge in [-0.3, -0.25) is 4.79 Å². The van der Waals surface area contributed by atoms with Gasteiger partial charge in [0.25, 0.3) is 5.91 Å². The zero-order chi connectivity index (χ0) is 13.0. The second kappa shape index (κ2) is 3.73. The van der Waals surface area contributed by atoms with Crippen LogP contribution in [0.25, 0.3) is 0 Å². The Morgan fingerprint density at radius 2 is 2.16 bits per heavy atom. The zero-order valence-electron chi connectivity index (χ0n) is 10.9. The average Bonchev–Trinajstić information content (AvgIpc) is 3.12. The lowest BCUT2D eigenvalue weighted by molar-refractivity contribution is -0.0958. The van der Waals surface area contributed by atoms with Crippen molar-refractivity contribution in [1.82, 2.24) is 4.90 Å². The van der Waals surface area contributed by atoms with Crippen molar-refractivity contribution >= 4 is 11.6 Å². The lowest BCUT2D eigenvalue weighted by Gasteiger charge is -2.47. The molecular formula is C15H18N2O2. The number of rotatable bonds is 2. The zero-order valence-corrected chi connectivity index (χ0v) is 10.9. The van der Waals surface area contributed by atoms with Crippen molar-refractivity contribution in [1.29, 1.82) is 0 Å². The molecule has 1 saturated heterocycles. The van der Waals surface area contributed by atoms with Gasteiger partial charge in [0.1, 0.15) is 5.60 Å². The van der Waals surface area contributed by atoms with E-state index in [0.717, 1.165) is 37.1 Å². The number of hydrogen-bond acceptors (Lipinski definition) is 3. The number of benzene rings is 1. The van der Waals surface area contributed by atoms with Gasteiger partial charge in [0.2, 0.25) is 0 Å². The normalized spacial score (nSPS) is 23.5. The van der Waals surface area contributed by atoms with Gasteiger partial charge in [0.05, 0.1) is 13.1 Å². The third-order valence-corrected chi connectivity index (χ3v) is 4.62. The summed E-state index contributed by atoms with van der Waals surface area (Å²) >= 11 is 0. The van der Waals surface area contributed by atoms with Gasteiger partial charge in [-0.2, -0.15) is 0 Å². The SMILES string of the molecule is O=C(c1ccc2c(c1)NCC2)N1CC(O)(C2CC2)C1. The number of carbonyl (C=O) groups is 1. The smallest absolute Gasteiger partial charge is 0.254 e. The number of likely N-dealkylation sites (tertiary alicyclic amines) is 1. The van der Waals surface area contributed by atoms with Crippen molar-refractivity contribution in [2.24, 2.45) is 5.92 Å². The maximum Gasteiger partial charge on any atom is 0.254 e. The van der Waals surface area contributed by atoms with Gasteiger partial charge in [-0.1, -0.05) is 6.07 Å². The van der Waals surface area contributed by atoms with E-state index in [9.17, 15) is 9.90 Å². The summed E-state index contributed by atoms with van der Waals surface area (Å²) in [6.07, 6.45) is 3.26. The first-order valence-corrected chi connectivity index (χ1v) is 7.04. The van der Waals surface area contributed by atoms with Crippen molar-refractivity contribution in [2.45, 2.75) is 24.9 Å². The van der Waals surface area contributed by atoms with Crippen LogP contribution >= 0.6 is 0 Å². The molecule has 0 aromatic heterocycles. The van der Waals surface area contributed by atoms with E-state index in [0.29, 0.717) is 19.0 Å². The van der Waals surface area contributed by atoms with Crippen molar-refractivity contribution in [3.05, 3.63) is 29.3 Å². The average molecular weight is 258 g/mol. The number of amides is 1. The van der Waals surface area contributed by atoms with Gasteiger partial charge in [-0.15, -0.1) is 0 Å². The maximum absolute atomic E-state index is 12.3. The number of nitrogens with one attached hydrogen (secondary N) is 1. The molecule has 2 N–H and O–H groups in total. The molecule has 4 rings (SSSR count). The molecular weight excluding hydrogens is 240 g/mol. The lowest BCUT2D eigenvalue weighted by Crippen LogP contribution is -2.64. The number of fused-ring (bicyclic) bond motifs is 1. The summed E-state index contributed by atoms with van der Waals surface area (Å²) in [4.78, 5) is 14.1. The Hall–Kier alpha value is -1.55. The highest BCUT2D eigenvalue weighted by molar-refractivity contribution is 5.96. The quantitative estimate of drug-likeness (QED) is 0.839. The molecule has 4 nitrogen and oxygen atoms in total. The maximum atomic E-state index is 12.3. The Morgan fingerprint density at radius 1 is 1.37 bits per heavy atom. The molecule has 19 heavy (non-hydrogen) atoms. The van der Waals surface area contributed by atoms with E-state index in [1.54, 1.807) is 4.90 Å². The second-order valence-corrected chi connectivity index (χ2v) is 6.09. The van der Waals surface area contributed by atoms with Crippen LogP contribution in [0.1, 0.15) is 28.8 Å². The third-order valence-electron chi connectivity index (χ3n) is 4.62. The van der Waals surface area contributed by atoms with E-state index in [-0.39, 0.29) is 5.91 Å². The van der Waals surface area contributed by atoms with E-state index < -0.39 is 5.60 Å². The number of β-amino-alcohol motifs (C(OH)–C–C–N with tert-alkyl or cyclic N) is 1. The molecule has 100 valence electrons. The highest BCUT2D eigenvalue weighted by atomic mass is 16.3. The fraction of sp³-hybridized carbons (Fsp3) is 0.533. The Balaban J connectivity index is 1.49. The summed E-state index contributed by atoms with van der Waals surface area (Å²) in [5.41, 5.74) is 2.51. The molecule has 0 radical (unpaired) electrons. The summed E-state index contributed by atoms with van der Waals surface area (Å²) in [5, 5.41) is 13.6. The fourth-order valence-corrected chi connectivity index (χ4v) is 3.24. The topological polar surface area (TPSA) is 52.6 Å². The minimum absolute atomic E-state index is 0.0434. The van der Waals surface area contributed by atoms with Crippen LogP contribution in [-0.2, 0) is 6.42 Å². The van der Waals surface area contributed by atoms with Crippen LogP contribution in [0.15, 0.2) is 18.2 Å². The number of carbonyl (C=O) groups excluding carboxylic acids is 1. The summed E-state index contributed by atoms with van der Waals surface area (Å²) in [6, 6.07) is 5.89. The molecule has 2 aliphatic heterocycles. The first kappa shape index (κ1) is 11.3. The molecule has 1 aromatic carbocycles. The largest absolute Gasteiger partial charge is 0.386 e. The summed E-state index contributed by atoms with van der Waals surface area (Å²) in [7, 11) is 0. The Bertz CT molecular complexity index is 545. The molecule has 1 aliphatic carbocycles. The highest BCUT2D eigenvalue weighted by Gasteiger charge is 2.53. The molecule has 0 unspecified atom stereocenters. The Kier molecular flexibility index (Phi) is 2.22. The van der Waals surface area contributed by atoms with E-state index in [1.165, 1.54) is 5.56 Å². The van der Waals surface area contributed by atoms with Gasteiger partial charge in [-0.05, 0) is 42.9 Å². The molecule has 0 bridgehead atoms. The molecule has 1 aromatic rings. The van der Waals surface area contributed by atoms with Gasteiger partial charge in [-0.25, -0.2) is 0 Å². The van der Waals surface area contributed by atoms with E-state index in [1.807, 2.05) is 18.2 Å². The Morgan fingerprint density at radius 3 is 2.89 bits per heavy atom. The van der Waals surface area contributed by atoms with Crippen molar-refractivity contribution < 1.29 is 9.90 Å². The lowest BCUT2D eigenvalue weighted by atomic mass is 9.88. The monoisotopic (exact) mass is 258 g/mol. The van der Waals surface area contributed by atoms with Crippen molar-refractivity contribution in [3.63, 3.8) is 0 Å². The fourth-order valence-electron chi connectivity index (χ4n) is 3.24. The van der Waals surface area contributed by atoms with Crippen molar-refractivity contribution in [3.8, 4) is 0 Å². The van der Waals surface area contributed by atoms with Crippen LogP contribution in [0.5, 0.6) is 0 Å². The third kappa shape index (κ3) is 1.74. The number of nitrogens with zero attached hydrogens (tertiary/aromatic N) is 1. The van der Waals surface area contributed by atoms with Gasteiger partial charge >= 0.3 is 0 Å². The van der Waals surface area contributed by atoms with Gasteiger partial charge in [0.15, 0.2) is 0 Å². The highest BCUT2D eigenvalue weighted by Crippen LogP contribution is 2.44. The van der Waals surface area contributed by atoms with E-state index in [4.69, 9.17) is 0 Å². The Labute approximate surface area is 112 Å². The molecule has 0 atom stereocenters. The minimum Gasteiger partial charge on any atom is -0.386 e. The van der Waals surface area contributed by atoms with Crippen LogP contribution in [0, 0.1) is 5.92 Å². The van der Waals surface area contributed by atoms with Gasteiger partial charge < -0.3 is 15.3 Å². The van der Waals surface area contributed by atoms with E-state index in [2.05, 4.69) is 5.32 Å². The van der Waals surface area contributed by atoms with Crippen LogP contribution in [0.2, 0.25) is 0 Å². The van der Waals surface area contributed by atoms with E-state index >= 15 is 0 Å². The van der Waals surface area contributed by atoms with Gasteiger partial charge in [0, 0.05) is 17.8 Å². The number of anilines is 1. The molecule has 2 fully saturated rings. The molecule has 1 amide bonds. The summed E-state index contributed by atoms with van der Waals surface area (Å²) in [5.74, 6) is 0.472. The number of aliphatic hydroxyl groups is 1. The molecule has 3 aliphatic rings. The van der Waals surface area contributed by atoms with Crippen LogP contribution < -0.4 is 5.32 Å². The van der Waals surface area contributed by atoms with Crippen LogP contribution in [-0.4, -0.2) is 41.1 Å². The first-order valence-electron chi connectivity index (χ1n) is 7.04.